The van der Waals surface area contributed by atoms with E-state index >= 15 is 0 Å². The number of nitrogens with zero attached hydrogens (tertiary/aromatic N) is 1. The highest BCUT2D eigenvalue weighted by molar-refractivity contribution is 7.89. The van der Waals surface area contributed by atoms with E-state index in [1.54, 1.807) is 11.4 Å². The number of sulfonamides is 1. The third kappa shape index (κ3) is 3.71. The molecule has 16 heavy (non-hydrogen) atoms. The quantitative estimate of drug-likeness (QED) is 0.794. The first-order valence-corrected chi connectivity index (χ1v) is 7.74. The van der Waals surface area contributed by atoms with E-state index in [9.17, 15) is 8.42 Å². The van der Waals surface area contributed by atoms with Crippen LogP contribution >= 0.6 is 0 Å². The van der Waals surface area contributed by atoms with Crippen LogP contribution < -0.4 is 5.73 Å². The number of rotatable bonds is 5. The third-order valence-corrected chi connectivity index (χ3v) is 5.45. The lowest BCUT2D eigenvalue weighted by Crippen LogP contribution is -2.41. The second-order valence-electron chi connectivity index (χ2n) is 4.90. The molecule has 2 atom stereocenters. The van der Waals surface area contributed by atoms with E-state index in [1.165, 1.54) is 6.42 Å². The van der Waals surface area contributed by atoms with Crippen molar-refractivity contribution in [2.45, 2.75) is 45.1 Å². The van der Waals surface area contributed by atoms with Gasteiger partial charge >= 0.3 is 0 Å². The molecule has 4 nitrogen and oxygen atoms in total. The largest absolute Gasteiger partial charge is 0.330 e. The fourth-order valence-corrected chi connectivity index (χ4v) is 3.83. The Morgan fingerprint density at radius 1 is 1.38 bits per heavy atom. The van der Waals surface area contributed by atoms with Crippen LogP contribution in [0.25, 0.3) is 0 Å². The lowest BCUT2D eigenvalue weighted by Gasteiger charge is -2.33. The van der Waals surface area contributed by atoms with Crippen LogP contribution in [-0.4, -0.2) is 38.1 Å². The van der Waals surface area contributed by atoms with Gasteiger partial charge in [-0.2, -0.15) is 0 Å². The number of hydrogen-bond acceptors (Lipinski definition) is 3. The van der Waals surface area contributed by atoms with Crippen LogP contribution in [0.3, 0.4) is 0 Å². The molecule has 0 bridgehead atoms. The predicted molar refractivity (Wildman–Crippen MR) is 66.6 cm³/mol. The van der Waals surface area contributed by atoms with Crippen LogP contribution in [0.15, 0.2) is 0 Å². The molecule has 1 aliphatic rings. The van der Waals surface area contributed by atoms with Crippen molar-refractivity contribution in [1.82, 2.24) is 4.31 Å². The van der Waals surface area contributed by atoms with E-state index in [2.05, 4.69) is 6.92 Å². The van der Waals surface area contributed by atoms with Gasteiger partial charge in [0.05, 0.1) is 5.75 Å². The van der Waals surface area contributed by atoms with Gasteiger partial charge in [0.2, 0.25) is 10.0 Å². The van der Waals surface area contributed by atoms with Crippen molar-refractivity contribution >= 4 is 10.0 Å². The van der Waals surface area contributed by atoms with E-state index < -0.39 is 10.0 Å². The molecular formula is C11H24N2O2S. The molecule has 96 valence electrons. The molecule has 0 radical (unpaired) electrons. The second kappa shape index (κ2) is 5.98. The summed E-state index contributed by atoms with van der Waals surface area (Å²) in [6.07, 6.45) is 4.92. The van der Waals surface area contributed by atoms with Gasteiger partial charge in [-0.3, -0.25) is 0 Å². The van der Waals surface area contributed by atoms with Crippen molar-refractivity contribution in [1.29, 1.82) is 0 Å². The Morgan fingerprint density at radius 3 is 2.62 bits per heavy atom. The minimum Gasteiger partial charge on any atom is -0.330 e. The zero-order chi connectivity index (χ0) is 12.2. The number of nitrogens with two attached hydrogens (primary N) is 1. The summed E-state index contributed by atoms with van der Waals surface area (Å²) in [6, 6.07) is 0.200. The summed E-state index contributed by atoms with van der Waals surface area (Å²) in [6.45, 7) is 2.64. The molecule has 0 aliphatic heterocycles. The average Bonchev–Trinajstić information content (AvgIpc) is 2.25. The Balaban J connectivity index is 2.58. The molecule has 0 spiro atoms. The average molecular weight is 248 g/mol. The highest BCUT2D eigenvalue weighted by Gasteiger charge is 2.29. The van der Waals surface area contributed by atoms with Gasteiger partial charge in [0.1, 0.15) is 0 Å². The van der Waals surface area contributed by atoms with Gasteiger partial charge < -0.3 is 5.73 Å². The van der Waals surface area contributed by atoms with Crippen LogP contribution in [-0.2, 0) is 10.0 Å². The van der Waals surface area contributed by atoms with Crippen molar-refractivity contribution in [3.63, 3.8) is 0 Å². The maximum absolute atomic E-state index is 12.0. The standard InChI is InChI=1S/C11H24N2O2S/c1-10-5-3-6-11(9-10)13(2)16(14,15)8-4-7-12/h10-11H,3-9,12H2,1-2H3. The Hall–Kier alpha value is -0.130. The van der Waals surface area contributed by atoms with Crippen molar-refractivity contribution in [3.8, 4) is 0 Å². The third-order valence-electron chi connectivity index (χ3n) is 3.47. The molecule has 0 heterocycles. The van der Waals surface area contributed by atoms with Gasteiger partial charge in [-0.25, -0.2) is 12.7 Å². The van der Waals surface area contributed by atoms with E-state index in [1.807, 2.05) is 0 Å². The van der Waals surface area contributed by atoms with Gasteiger partial charge in [-0.05, 0) is 31.7 Å². The maximum atomic E-state index is 12.0. The van der Waals surface area contributed by atoms with Gasteiger partial charge in [0, 0.05) is 13.1 Å². The van der Waals surface area contributed by atoms with Crippen molar-refractivity contribution in [3.05, 3.63) is 0 Å². The molecule has 1 fully saturated rings. The highest BCUT2D eigenvalue weighted by atomic mass is 32.2. The molecular weight excluding hydrogens is 224 g/mol. The van der Waals surface area contributed by atoms with E-state index in [-0.39, 0.29) is 11.8 Å². The maximum Gasteiger partial charge on any atom is 0.214 e. The Kier molecular flexibility index (Phi) is 5.21. The summed E-state index contributed by atoms with van der Waals surface area (Å²) in [5.74, 6) is 0.830. The summed E-state index contributed by atoms with van der Waals surface area (Å²) >= 11 is 0. The molecule has 0 aromatic heterocycles. The SMILES string of the molecule is CC1CCCC(N(C)S(=O)(=O)CCCN)C1. The summed E-state index contributed by atoms with van der Waals surface area (Å²) in [4.78, 5) is 0. The van der Waals surface area contributed by atoms with E-state index in [0.717, 1.165) is 19.3 Å². The summed E-state index contributed by atoms with van der Waals surface area (Å²) in [5, 5.41) is 0. The molecule has 0 aromatic carbocycles. The first-order chi connectivity index (χ1) is 7.47. The van der Waals surface area contributed by atoms with Crippen LogP contribution in [0.1, 0.15) is 39.0 Å². The number of hydrogen-bond donors (Lipinski definition) is 1. The summed E-state index contributed by atoms with van der Waals surface area (Å²) in [5.41, 5.74) is 5.35. The molecule has 5 heteroatoms. The topological polar surface area (TPSA) is 63.4 Å². The van der Waals surface area contributed by atoms with Crippen molar-refractivity contribution in [2.24, 2.45) is 11.7 Å². The van der Waals surface area contributed by atoms with Gasteiger partial charge in [0.15, 0.2) is 0 Å². The molecule has 2 unspecified atom stereocenters. The first kappa shape index (κ1) is 13.9. The zero-order valence-corrected chi connectivity index (χ0v) is 11.2. The lowest BCUT2D eigenvalue weighted by atomic mass is 9.87. The summed E-state index contributed by atoms with van der Waals surface area (Å²) in [7, 11) is -1.38. The minimum atomic E-state index is -3.09. The second-order valence-corrected chi connectivity index (χ2v) is 7.05. The molecule has 1 aliphatic carbocycles. The van der Waals surface area contributed by atoms with Crippen LogP contribution in [0.5, 0.6) is 0 Å². The molecule has 1 saturated carbocycles. The van der Waals surface area contributed by atoms with Gasteiger partial charge in [-0.1, -0.05) is 19.8 Å². The van der Waals surface area contributed by atoms with Crippen LogP contribution in [0.2, 0.25) is 0 Å². The van der Waals surface area contributed by atoms with Gasteiger partial charge in [-0.15, -0.1) is 0 Å². The molecule has 0 saturated heterocycles. The monoisotopic (exact) mass is 248 g/mol. The Labute approximate surface area is 99.2 Å². The van der Waals surface area contributed by atoms with E-state index in [0.29, 0.717) is 18.9 Å². The Bertz CT molecular complexity index is 303. The van der Waals surface area contributed by atoms with Gasteiger partial charge in [0.25, 0.3) is 0 Å². The minimum absolute atomic E-state index is 0.185. The highest BCUT2D eigenvalue weighted by Crippen LogP contribution is 2.28. The molecule has 0 aromatic rings. The zero-order valence-electron chi connectivity index (χ0n) is 10.4. The van der Waals surface area contributed by atoms with Crippen molar-refractivity contribution < 1.29 is 8.42 Å². The molecule has 2 N–H and O–H groups in total. The summed E-state index contributed by atoms with van der Waals surface area (Å²) < 4.78 is 25.5. The smallest absolute Gasteiger partial charge is 0.214 e. The first-order valence-electron chi connectivity index (χ1n) is 6.13. The lowest BCUT2D eigenvalue weighted by molar-refractivity contribution is 0.239. The Morgan fingerprint density at radius 2 is 2.06 bits per heavy atom. The van der Waals surface area contributed by atoms with E-state index in [4.69, 9.17) is 5.73 Å². The fourth-order valence-electron chi connectivity index (χ4n) is 2.37. The fraction of sp³-hybridized carbons (Fsp3) is 1.00. The molecule has 1 rings (SSSR count). The predicted octanol–water partition coefficient (Wildman–Crippen LogP) is 1.18. The molecule has 0 amide bonds. The normalized spacial score (nSPS) is 27.2. The van der Waals surface area contributed by atoms with Crippen molar-refractivity contribution in [2.75, 3.05) is 19.3 Å². The van der Waals surface area contributed by atoms with Crippen LogP contribution in [0, 0.1) is 5.92 Å². The van der Waals surface area contributed by atoms with Crippen LogP contribution in [0.4, 0.5) is 0 Å².